The predicted molar refractivity (Wildman–Crippen MR) is 71.0 cm³/mol. The van der Waals surface area contributed by atoms with E-state index in [0.29, 0.717) is 0 Å². The van der Waals surface area contributed by atoms with Crippen LogP contribution >= 0.6 is 0 Å². The maximum absolute atomic E-state index is 10.7. The van der Waals surface area contributed by atoms with E-state index >= 15 is 0 Å². The van der Waals surface area contributed by atoms with Crippen molar-refractivity contribution in [1.29, 1.82) is 0 Å². The molecule has 4 heteroatoms. The van der Waals surface area contributed by atoms with E-state index < -0.39 is 6.10 Å². The number of benzene rings is 1. The summed E-state index contributed by atoms with van der Waals surface area (Å²) in [6.07, 6.45) is -0.543. The van der Waals surface area contributed by atoms with Crippen molar-refractivity contribution in [2.24, 2.45) is 5.41 Å². The fraction of sp³-hybridized carbons (Fsp3) is 0.571. The average Bonchev–Trinajstić information content (AvgIpc) is 2.27. The minimum Gasteiger partial charge on any atom is -0.363 e. The molecule has 4 nitrogen and oxygen atoms in total. The third-order valence-corrected chi connectivity index (χ3v) is 2.92. The fourth-order valence-corrected chi connectivity index (χ4v) is 1.71. The first-order valence-electron chi connectivity index (χ1n) is 6.13. The molecule has 0 radical (unpaired) electrons. The van der Waals surface area contributed by atoms with Gasteiger partial charge >= 0.3 is 0 Å². The van der Waals surface area contributed by atoms with Crippen LogP contribution in [0.5, 0.6) is 0 Å². The van der Waals surface area contributed by atoms with Crippen molar-refractivity contribution < 1.29 is 9.66 Å². The average molecular weight is 251 g/mol. The Labute approximate surface area is 108 Å². The normalized spacial score (nSPS) is 15.1. The molecule has 1 aromatic rings. The van der Waals surface area contributed by atoms with Crippen molar-refractivity contribution in [2.45, 2.75) is 39.9 Å². The van der Waals surface area contributed by atoms with Gasteiger partial charge in [-0.2, -0.15) is 0 Å². The summed E-state index contributed by atoms with van der Waals surface area (Å²) in [6.45, 7) is 7.63. The van der Waals surface area contributed by atoms with E-state index in [0.717, 1.165) is 5.56 Å². The molecular formula is C14H21NO3. The van der Waals surface area contributed by atoms with Gasteiger partial charge in [0, 0.05) is 4.92 Å². The molecule has 0 N–H and O–H groups in total. The first kappa shape index (κ1) is 14.6. The highest BCUT2D eigenvalue weighted by Crippen LogP contribution is 2.28. The molecule has 2 atom stereocenters. The van der Waals surface area contributed by atoms with Crippen molar-refractivity contribution >= 4 is 0 Å². The SMILES string of the molecule is CC(OC(C[N+](=O)[O-])C(C)(C)C)c1ccccc1. The quantitative estimate of drug-likeness (QED) is 0.595. The zero-order valence-electron chi connectivity index (χ0n) is 11.4. The third-order valence-electron chi connectivity index (χ3n) is 2.92. The van der Waals surface area contributed by atoms with Crippen LogP contribution < -0.4 is 0 Å². The lowest BCUT2D eigenvalue weighted by molar-refractivity contribution is -0.496. The Balaban J connectivity index is 2.75. The predicted octanol–water partition coefficient (Wildman–Crippen LogP) is 3.46. The summed E-state index contributed by atoms with van der Waals surface area (Å²) in [5.41, 5.74) is 0.783. The Hall–Kier alpha value is -1.42. The van der Waals surface area contributed by atoms with E-state index in [1.165, 1.54) is 0 Å². The minimum atomic E-state index is -0.400. The molecule has 0 spiro atoms. The van der Waals surface area contributed by atoms with Gasteiger partial charge in [-0.1, -0.05) is 51.1 Å². The van der Waals surface area contributed by atoms with Gasteiger partial charge in [0.15, 0.2) is 0 Å². The van der Waals surface area contributed by atoms with Crippen molar-refractivity contribution in [2.75, 3.05) is 6.54 Å². The number of nitro groups is 1. The van der Waals surface area contributed by atoms with Crippen LogP contribution in [-0.4, -0.2) is 17.6 Å². The summed E-state index contributed by atoms with van der Waals surface area (Å²) in [5, 5.41) is 10.7. The van der Waals surface area contributed by atoms with Crippen molar-refractivity contribution in [3.8, 4) is 0 Å². The minimum absolute atomic E-state index is 0.143. The van der Waals surface area contributed by atoms with Gasteiger partial charge in [0.2, 0.25) is 6.54 Å². The van der Waals surface area contributed by atoms with Crippen LogP contribution in [0.25, 0.3) is 0 Å². The van der Waals surface area contributed by atoms with Gasteiger partial charge in [-0.3, -0.25) is 10.1 Å². The van der Waals surface area contributed by atoms with Gasteiger partial charge in [-0.15, -0.1) is 0 Å². The van der Waals surface area contributed by atoms with E-state index in [9.17, 15) is 10.1 Å². The monoisotopic (exact) mass is 251 g/mol. The van der Waals surface area contributed by atoms with Crippen LogP contribution in [-0.2, 0) is 4.74 Å². The van der Waals surface area contributed by atoms with Crippen molar-refractivity contribution in [3.63, 3.8) is 0 Å². The van der Waals surface area contributed by atoms with Crippen LogP contribution in [0.15, 0.2) is 30.3 Å². The molecule has 2 unspecified atom stereocenters. The number of hydrogen-bond donors (Lipinski definition) is 0. The standard InChI is InChI=1S/C14H21NO3/c1-11(12-8-6-5-7-9-12)18-13(10-15(16)17)14(2,3)4/h5-9,11,13H,10H2,1-4H3. The Morgan fingerprint density at radius 2 is 1.83 bits per heavy atom. The fourth-order valence-electron chi connectivity index (χ4n) is 1.71. The lowest BCUT2D eigenvalue weighted by Crippen LogP contribution is -2.36. The van der Waals surface area contributed by atoms with E-state index in [4.69, 9.17) is 4.74 Å². The van der Waals surface area contributed by atoms with E-state index in [1.54, 1.807) is 0 Å². The first-order chi connectivity index (χ1) is 8.30. The summed E-state index contributed by atoms with van der Waals surface area (Å²) >= 11 is 0. The van der Waals surface area contributed by atoms with Gasteiger partial charge in [0.25, 0.3) is 0 Å². The van der Waals surface area contributed by atoms with Crippen LogP contribution in [0, 0.1) is 15.5 Å². The molecule has 1 aromatic carbocycles. The molecule has 0 aliphatic rings. The number of hydrogen-bond acceptors (Lipinski definition) is 3. The highest BCUT2D eigenvalue weighted by atomic mass is 16.6. The topological polar surface area (TPSA) is 52.4 Å². The van der Waals surface area contributed by atoms with Crippen molar-refractivity contribution in [1.82, 2.24) is 0 Å². The van der Waals surface area contributed by atoms with Crippen molar-refractivity contribution in [3.05, 3.63) is 46.0 Å². The van der Waals surface area contributed by atoms with Gasteiger partial charge in [-0.05, 0) is 17.9 Å². The number of ether oxygens (including phenoxy) is 1. The molecule has 0 aliphatic carbocycles. The molecule has 18 heavy (non-hydrogen) atoms. The summed E-state index contributed by atoms with van der Waals surface area (Å²) in [6, 6.07) is 9.76. The summed E-state index contributed by atoms with van der Waals surface area (Å²) in [5.74, 6) is 0. The first-order valence-corrected chi connectivity index (χ1v) is 6.13. The van der Waals surface area contributed by atoms with Crippen LogP contribution in [0.4, 0.5) is 0 Å². The third kappa shape index (κ3) is 4.45. The number of rotatable bonds is 5. The summed E-state index contributed by atoms with van der Waals surface area (Å²) in [4.78, 5) is 10.4. The summed E-state index contributed by atoms with van der Waals surface area (Å²) < 4.78 is 5.87. The van der Waals surface area contributed by atoms with Crippen LogP contribution in [0.2, 0.25) is 0 Å². The Morgan fingerprint density at radius 1 is 1.28 bits per heavy atom. The van der Waals surface area contributed by atoms with Gasteiger partial charge < -0.3 is 4.74 Å². The maximum Gasteiger partial charge on any atom is 0.230 e. The zero-order valence-corrected chi connectivity index (χ0v) is 11.4. The maximum atomic E-state index is 10.7. The smallest absolute Gasteiger partial charge is 0.230 e. The lowest BCUT2D eigenvalue weighted by Gasteiger charge is -2.30. The Kier molecular flexibility index (Phi) is 4.84. The van der Waals surface area contributed by atoms with Gasteiger partial charge in [0.05, 0.1) is 6.10 Å². The molecule has 0 fully saturated rings. The molecule has 0 aliphatic heterocycles. The second-order valence-corrected chi connectivity index (χ2v) is 5.56. The largest absolute Gasteiger partial charge is 0.363 e. The number of nitrogens with zero attached hydrogens (tertiary/aromatic N) is 1. The molecule has 1 rings (SSSR count). The van der Waals surface area contributed by atoms with E-state index in [1.807, 2.05) is 58.0 Å². The Morgan fingerprint density at radius 3 is 2.28 bits per heavy atom. The second kappa shape index (κ2) is 5.96. The van der Waals surface area contributed by atoms with Crippen LogP contribution in [0.1, 0.15) is 39.4 Å². The van der Waals surface area contributed by atoms with Gasteiger partial charge in [0.1, 0.15) is 6.10 Å². The second-order valence-electron chi connectivity index (χ2n) is 5.56. The molecule has 100 valence electrons. The molecule has 0 saturated carbocycles. The molecular weight excluding hydrogens is 230 g/mol. The van der Waals surface area contributed by atoms with E-state index in [-0.39, 0.29) is 23.0 Å². The summed E-state index contributed by atoms with van der Waals surface area (Å²) in [7, 11) is 0. The molecule has 0 saturated heterocycles. The lowest BCUT2D eigenvalue weighted by atomic mass is 9.88. The molecule has 0 aromatic heterocycles. The highest BCUT2D eigenvalue weighted by Gasteiger charge is 2.31. The molecule has 0 bridgehead atoms. The Bertz CT molecular complexity index is 384. The van der Waals surface area contributed by atoms with Gasteiger partial charge in [-0.25, -0.2) is 0 Å². The van der Waals surface area contributed by atoms with Crippen LogP contribution in [0.3, 0.4) is 0 Å². The van der Waals surface area contributed by atoms with E-state index in [2.05, 4.69) is 0 Å². The molecule has 0 heterocycles. The molecule has 0 amide bonds. The highest BCUT2D eigenvalue weighted by molar-refractivity contribution is 5.16. The zero-order chi connectivity index (χ0) is 13.8.